The minimum atomic E-state index is -0.990. The number of amides is 3. The maximum atomic E-state index is 13.3. The van der Waals surface area contributed by atoms with Gasteiger partial charge in [0.05, 0.1) is 0 Å². The summed E-state index contributed by atoms with van der Waals surface area (Å²) < 4.78 is 5.36. The Morgan fingerprint density at radius 3 is 1.72 bits per heavy atom. The van der Waals surface area contributed by atoms with Gasteiger partial charge in [0, 0.05) is 6.42 Å². The number of carbonyl (C=O) groups is 3. The van der Waals surface area contributed by atoms with E-state index in [9.17, 15) is 14.4 Å². The third-order valence-corrected chi connectivity index (χ3v) is 7.15. The van der Waals surface area contributed by atoms with Gasteiger partial charge in [0.15, 0.2) is 0 Å². The lowest BCUT2D eigenvalue weighted by atomic mass is 9.98. The number of rotatable bonds is 14. The Bertz CT molecular complexity index is 1460. The van der Waals surface area contributed by atoms with Crippen LogP contribution in [-0.2, 0) is 27.4 Å². The molecule has 0 aliphatic rings. The van der Waals surface area contributed by atoms with Crippen molar-refractivity contribution in [1.29, 1.82) is 0 Å². The fraction of sp³-hybridized carbons (Fsp3) is 0.229. The zero-order valence-corrected chi connectivity index (χ0v) is 24.1. The van der Waals surface area contributed by atoms with Crippen molar-refractivity contribution in [3.05, 3.63) is 120 Å². The van der Waals surface area contributed by atoms with Crippen LogP contribution < -0.4 is 22.1 Å². The summed E-state index contributed by atoms with van der Waals surface area (Å²) in [6.45, 7) is 0.534. The Morgan fingerprint density at radius 1 is 0.628 bits per heavy atom. The van der Waals surface area contributed by atoms with E-state index < -0.39 is 30.0 Å². The van der Waals surface area contributed by atoms with Crippen molar-refractivity contribution in [2.45, 2.75) is 44.4 Å². The Kier molecular flexibility index (Phi) is 11.5. The Morgan fingerprint density at radius 2 is 1.16 bits per heavy atom. The molecule has 0 radical (unpaired) electrons. The fourth-order valence-electron chi connectivity index (χ4n) is 4.72. The standard InChI is InChI=1S/C35H38N4O4/c36-22-8-7-13-31(33(37)40)38-34(41)32(39-35(42)43-24-26-9-3-1-4-10-26)23-25-14-16-28(17-15-25)30-20-18-29(19-21-30)27-11-5-2-6-12-27/h1-6,9-12,14-21,31-32H,7-8,13,22-24,36H2,(H2,37,40)(H,38,41)(H,39,42)/t31-,32-/m0/s1. The van der Waals surface area contributed by atoms with Gasteiger partial charge in [0.2, 0.25) is 11.8 Å². The molecule has 8 heteroatoms. The summed E-state index contributed by atoms with van der Waals surface area (Å²) in [4.78, 5) is 38.1. The van der Waals surface area contributed by atoms with Crippen LogP contribution in [0.2, 0.25) is 0 Å². The highest BCUT2D eigenvalue weighted by atomic mass is 16.5. The van der Waals surface area contributed by atoms with Crippen LogP contribution >= 0.6 is 0 Å². The van der Waals surface area contributed by atoms with E-state index in [4.69, 9.17) is 16.2 Å². The number of nitrogens with two attached hydrogens (primary N) is 2. The smallest absolute Gasteiger partial charge is 0.408 e. The van der Waals surface area contributed by atoms with Gasteiger partial charge in [-0.15, -0.1) is 0 Å². The molecule has 0 spiro atoms. The van der Waals surface area contributed by atoms with Gasteiger partial charge in [-0.1, -0.05) is 109 Å². The van der Waals surface area contributed by atoms with Gasteiger partial charge in [-0.2, -0.15) is 0 Å². The maximum Gasteiger partial charge on any atom is 0.408 e. The molecule has 8 nitrogen and oxygen atoms in total. The highest BCUT2D eigenvalue weighted by molar-refractivity contribution is 5.91. The van der Waals surface area contributed by atoms with Crippen molar-refractivity contribution in [3.8, 4) is 22.3 Å². The molecule has 43 heavy (non-hydrogen) atoms. The molecule has 0 bridgehead atoms. The molecule has 4 aromatic carbocycles. The predicted octanol–water partition coefficient (Wildman–Crippen LogP) is 4.96. The SMILES string of the molecule is NCCCC[C@H](NC(=O)[C@H](Cc1ccc(-c2ccc(-c3ccccc3)cc2)cc1)NC(=O)OCc1ccccc1)C(N)=O. The normalized spacial score (nSPS) is 12.1. The minimum Gasteiger partial charge on any atom is -0.445 e. The first-order valence-electron chi connectivity index (χ1n) is 14.4. The lowest BCUT2D eigenvalue weighted by Gasteiger charge is -2.22. The van der Waals surface area contributed by atoms with Crippen LogP contribution in [0.25, 0.3) is 22.3 Å². The van der Waals surface area contributed by atoms with Crippen LogP contribution in [0.4, 0.5) is 4.79 Å². The highest BCUT2D eigenvalue weighted by Crippen LogP contribution is 2.25. The largest absolute Gasteiger partial charge is 0.445 e. The second-order valence-corrected chi connectivity index (χ2v) is 10.4. The summed E-state index contributed by atoms with van der Waals surface area (Å²) in [5.41, 5.74) is 17.1. The average Bonchev–Trinajstić information content (AvgIpc) is 3.04. The zero-order valence-electron chi connectivity index (χ0n) is 24.1. The third kappa shape index (κ3) is 9.55. The van der Waals surface area contributed by atoms with Gasteiger partial charge in [0.1, 0.15) is 18.7 Å². The maximum absolute atomic E-state index is 13.3. The molecule has 0 aliphatic heterocycles. The van der Waals surface area contributed by atoms with Gasteiger partial charge in [-0.3, -0.25) is 9.59 Å². The van der Waals surface area contributed by atoms with E-state index in [2.05, 4.69) is 47.0 Å². The minimum absolute atomic E-state index is 0.0573. The molecular formula is C35H38N4O4. The molecule has 0 unspecified atom stereocenters. The molecule has 0 saturated carbocycles. The number of alkyl carbamates (subject to hydrolysis) is 1. The number of carbonyl (C=O) groups excluding carboxylic acids is 3. The lowest BCUT2D eigenvalue weighted by molar-refractivity contribution is -0.128. The monoisotopic (exact) mass is 578 g/mol. The fourth-order valence-corrected chi connectivity index (χ4v) is 4.72. The van der Waals surface area contributed by atoms with Crippen molar-refractivity contribution < 1.29 is 19.1 Å². The van der Waals surface area contributed by atoms with Crippen LogP contribution in [0.3, 0.4) is 0 Å². The van der Waals surface area contributed by atoms with Gasteiger partial charge >= 0.3 is 6.09 Å². The van der Waals surface area contributed by atoms with E-state index in [1.165, 1.54) is 0 Å². The van der Waals surface area contributed by atoms with E-state index in [1.807, 2.05) is 72.8 Å². The van der Waals surface area contributed by atoms with Crippen molar-refractivity contribution >= 4 is 17.9 Å². The Hall–Kier alpha value is -4.95. The third-order valence-electron chi connectivity index (χ3n) is 7.15. The van der Waals surface area contributed by atoms with E-state index in [0.717, 1.165) is 33.4 Å². The van der Waals surface area contributed by atoms with E-state index in [0.29, 0.717) is 25.8 Å². The second kappa shape index (κ2) is 15.9. The summed E-state index contributed by atoms with van der Waals surface area (Å²) >= 11 is 0. The van der Waals surface area contributed by atoms with Crippen LogP contribution in [0.5, 0.6) is 0 Å². The van der Waals surface area contributed by atoms with Crippen molar-refractivity contribution in [2.24, 2.45) is 11.5 Å². The quantitative estimate of drug-likeness (QED) is 0.157. The van der Waals surface area contributed by atoms with Crippen molar-refractivity contribution in [2.75, 3.05) is 6.54 Å². The molecule has 0 heterocycles. The molecule has 0 aliphatic carbocycles. The first-order valence-corrected chi connectivity index (χ1v) is 14.4. The van der Waals surface area contributed by atoms with Crippen molar-refractivity contribution in [1.82, 2.24) is 10.6 Å². The Balaban J connectivity index is 1.45. The number of hydrogen-bond acceptors (Lipinski definition) is 5. The van der Waals surface area contributed by atoms with Gasteiger partial charge in [0.25, 0.3) is 0 Å². The van der Waals surface area contributed by atoms with Gasteiger partial charge in [-0.25, -0.2) is 4.79 Å². The predicted molar refractivity (Wildman–Crippen MR) is 169 cm³/mol. The van der Waals surface area contributed by atoms with E-state index in [1.54, 1.807) is 0 Å². The molecule has 3 amide bonds. The molecule has 2 atom stereocenters. The summed E-state index contributed by atoms with van der Waals surface area (Å²) in [5, 5.41) is 5.38. The summed E-state index contributed by atoms with van der Waals surface area (Å²) in [5.74, 6) is -1.16. The number of ether oxygens (including phenoxy) is 1. The van der Waals surface area contributed by atoms with E-state index >= 15 is 0 Å². The molecule has 6 N–H and O–H groups in total. The van der Waals surface area contributed by atoms with Crippen LogP contribution in [0.1, 0.15) is 30.4 Å². The van der Waals surface area contributed by atoms with Crippen molar-refractivity contribution in [3.63, 3.8) is 0 Å². The molecular weight excluding hydrogens is 540 g/mol. The molecule has 222 valence electrons. The summed E-state index contributed by atoms with van der Waals surface area (Å²) in [6, 6.07) is 33.7. The number of unbranched alkanes of at least 4 members (excludes halogenated alkanes) is 1. The molecule has 0 aromatic heterocycles. The average molecular weight is 579 g/mol. The number of nitrogens with one attached hydrogen (secondary N) is 2. The van der Waals surface area contributed by atoms with Gasteiger partial charge < -0.3 is 26.8 Å². The van der Waals surface area contributed by atoms with Gasteiger partial charge in [-0.05, 0) is 59.2 Å². The van der Waals surface area contributed by atoms with Crippen LogP contribution in [0, 0.1) is 0 Å². The summed E-state index contributed by atoms with van der Waals surface area (Å²) in [7, 11) is 0. The lowest BCUT2D eigenvalue weighted by Crippen LogP contribution is -2.53. The highest BCUT2D eigenvalue weighted by Gasteiger charge is 2.26. The number of primary amides is 1. The zero-order chi connectivity index (χ0) is 30.4. The van der Waals surface area contributed by atoms with Crippen LogP contribution in [0.15, 0.2) is 109 Å². The summed E-state index contributed by atoms with van der Waals surface area (Å²) in [6.07, 6.45) is 1.15. The number of hydrogen-bond donors (Lipinski definition) is 4. The first-order chi connectivity index (χ1) is 20.9. The molecule has 4 aromatic rings. The molecule has 0 saturated heterocycles. The molecule has 0 fully saturated rings. The first kappa shape index (κ1) is 31.0. The second-order valence-electron chi connectivity index (χ2n) is 10.4. The Labute approximate surface area is 252 Å². The number of benzene rings is 4. The van der Waals surface area contributed by atoms with E-state index in [-0.39, 0.29) is 13.0 Å². The molecule has 4 rings (SSSR count). The van der Waals surface area contributed by atoms with Crippen LogP contribution in [-0.4, -0.2) is 36.5 Å². The topological polar surface area (TPSA) is 137 Å².